The summed E-state index contributed by atoms with van der Waals surface area (Å²) >= 11 is 0. The number of aromatic amines is 1. The fourth-order valence-electron chi connectivity index (χ4n) is 5.33. The van der Waals surface area contributed by atoms with Gasteiger partial charge >= 0.3 is 0 Å². The highest BCUT2D eigenvalue weighted by Gasteiger charge is 2.18. The number of imidazole rings is 1. The van der Waals surface area contributed by atoms with Crippen LogP contribution in [-0.2, 0) is 6.42 Å². The van der Waals surface area contributed by atoms with E-state index in [0.29, 0.717) is 12.0 Å². The predicted molar refractivity (Wildman–Crippen MR) is 179 cm³/mol. The van der Waals surface area contributed by atoms with Gasteiger partial charge in [0.05, 0.1) is 23.7 Å². The summed E-state index contributed by atoms with van der Waals surface area (Å²) < 4.78 is 6.11. The Morgan fingerprint density at radius 1 is 1.12 bits per heavy atom. The molecule has 1 aliphatic heterocycles. The first-order valence-electron chi connectivity index (χ1n) is 15.9. The van der Waals surface area contributed by atoms with Crippen molar-refractivity contribution in [1.82, 2.24) is 20.6 Å². The molecule has 0 spiro atoms. The lowest BCUT2D eigenvalue weighted by molar-refractivity contribution is 0.279. The SMILES string of the molecule is CCc1cc(-c2ccc3nc(C4CCCCN4)[nH]c3c2)ccc1OCCC(C)CC.CN/C=C\C(C)=C1\C=CC=CC1. The first kappa shape index (κ1) is 31.4. The molecule has 2 aliphatic rings. The second-order valence-corrected chi connectivity index (χ2v) is 11.5. The van der Waals surface area contributed by atoms with Crippen molar-refractivity contribution in [3.63, 3.8) is 0 Å². The summed E-state index contributed by atoms with van der Waals surface area (Å²) in [4.78, 5) is 8.40. The number of fused-ring (bicyclic) bond motifs is 1. The van der Waals surface area contributed by atoms with Gasteiger partial charge in [0.2, 0.25) is 0 Å². The van der Waals surface area contributed by atoms with E-state index in [1.165, 1.54) is 47.1 Å². The second-order valence-electron chi connectivity index (χ2n) is 11.5. The molecule has 42 heavy (non-hydrogen) atoms. The molecule has 0 amide bonds. The molecule has 224 valence electrons. The van der Waals surface area contributed by atoms with Crippen LogP contribution in [0.3, 0.4) is 0 Å². The molecule has 3 N–H and O–H groups in total. The van der Waals surface area contributed by atoms with Crippen LogP contribution in [0.5, 0.6) is 5.75 Å². The normalized spacial score (nSPS) is 18.5. The monoisotopic (exact) mass is 566 g/mol. The van der Waals surface area contributed by atoms with Gasteiger partial charge in [0.25, 0.3) is 0 Å². The fourth-order valence-corrected chi connectivity index (χ4v) is 5.33. The topological polar surface area (TPSA) is 62.0 Å². The van der Waals surface area contributed by atoms with Crippen LogP contribution in [0.4, 0.5) is 0 Å². The zero-order valence-corrected chi connectivity index (χ0v) is 26.3. The van der Waals surface area contributed by atoms with Gasteiger partial charge in [-0.05, 0) is 116 Å². The Bertz CT molecular complexity index is 1400. The van der Waals surface area contributed by atoms with Crippen molar-refractivity contribution in [2.75, 3.05) is 20.2 Å². The van der Waals surface area contributed by atoms with Crippen molar-refractivity contribution < 1.29 is 4.74 Å². The number of rotatable bonds is 10. The molecule has 0 radical (unpaired) electrons. The molecule has 0 saturated carbocycles. The number of aromatic nitrogens is 2. The molecule has 5 rings (SSSR count). The molecule has 2 atom stereocenters. The number of hydrogen-bond donors (Lipinski definition) is 3. The summed E-state index contributed by atoms with van der Waals surface area (Å²) in [5.41, 5.74) is 8.59. The van der Waals surface area contributed by atoms with Crippen LogP contribution in [0.25, 0.3) is 22.2 Å². The second kappa shape index (κ2) is 16.2. The van der Waals surface area contributed by atoms with E-state index in [0.717, 1.165) is 61.4 Å². The Hall–Kier alpha value is -3.57. The number of piperidine rings is 1. The standard InChI is InChI=1S/C26H35N3O.C11H15N/c1-4-18(3)13-15-30-25-12-10-20(16-19(25)5-2)21-9-11-22-24(17-21)29-26(28-22)23-8-6-7-14-27-23;1-10(8-9-12-2)11-6-4-3-5-7-11/h9-12,16-18,23,27H,4-8,13-15H2,1-3H3,(H,28,29);3-6,8-9,12H,7H2,1-2H3/b;9-8-,11-10-. The molecule has 5 heteroatoms. The van der Waals surface area contributed by atoms with Gasteiger partial charge in [-0.1, -0.05) is 70.0 Å². The molecule has 1 saturated heterocycles. The average Bonchev–Trinajstić information content (AvgIpc) is 3.48. The molecule has 1 aliphatic carbocycles. The Balaban J connectivity index is 0.000000283. The summed E-state index contributed by atoms with van der Waals surface area (Å²) in [5.74, 6) is 2.81. The highest BCUT2D eigenvalue weighted by molar-refractivity contribution is 5.82. The van der Waals surface area contributed by atoms with Crippen molar-refractivity contribution in [3.05, 3.63) is 95.5 Å². The minimum absolute atomic E-state index is 0.355. The van der Waals surface area contributed by atoms with E-state index in [1.54, 1.807) is 0 Å². The minimum atomic E-state index is 0.355. The summed E-state index contributed by atoms with van der Waals surface area (Å²) in [7, 11) is 1.91. The molecule has 5 nitrogen and oxygen atoms in total. The minimum Gasteiger partial charge on any atom is -0.493 e. The van der Waals surface area contributed by atoms with Crippen molar-refractivity contribution in [3.8, 4) is 16.9 Å². The van der Waals surface area contributed by atoms with Crippen LogP contribution in [0, 0.1) is 5.92 Å². The van der Waals surface area contributed by atoms with Crippen molar-refractivity contribution >= 4 is 11.0 Å². The van der Waals surface area contributed by atoms with Gasteiger partial charge in [-0.25, -0.2) is 4.98 Å². The lowest BCUT2D eigenvalue weighted by atomic mass is 10.0. The van der Waals surface area contributed by atoms with E-state index in [2.05, 4.69) is 110 Å². The number of ether oxygens (including phenoxy) is 1. The third-order valence-electron chi connectivity index (χ3n) is 8.37. The number of H-pyrrole nitrogens is 1. The van der Waals surface area contributed by atoms with E-state index in [9.17, 15) is 0 Å². The molecule has 0 bridgehead atoms. The molecule has 1 aromatic heterocycles. The highest BCUT2D eigenvalue weighted by atomic mass is 16.5. The van der Waals surface area contributed by atoms with Gasteiger partial charge < -0.3 is 20.4 Å². The molecule has 2 unspecified atom stereocenters. The number of allylic oxidation sites excluding steroid dienone is 7. The van der Waals surface area contributed by atoms with E-state index >= 15 is 0 Å². The number of hydrogen-bond acceptors (Lipinski definition) is 4. The van der Waals surface area contributed by atoms with Crippen LogP contribution in [0.15, 0.2) is 84.1 Å². The van der Waals surface area contributed by atoms with Crippen molar-refractivity contribution in [2.45, 2.75) is 78.7 Å². The van der Waals surface area contributed by atoms with Crippen LogP contribution in [0.1, 0.15) is 83.6 Å². The van der Waals surface area contributed by atoms with Crippen LogP contribution in [0.2, 0.25) is 0 Å². The number of nitrogens with one attached hydrogen (secondary N) is 3. The number of aryl methyl sites for hydroxylation is 1. The Kier molecular flexibility index (Phi) is 12.1. The van der Waals surface area contributed by atoms with Crippen LogP contribution < -0.4 is 15.4 Å². The van der Waals surface area contributed by atoms with Gasteiger partial charge in [0.1, 0.15) is 11.6 Å². The zero-order valence-electron chi connectivity index (χ0n) is 26.3. The number of benzene rings is 2. The van der Waals surface area contributed by atoms with Crippen molar-refractivity contribution in [1.29, 1.82) is 0 Å². The fraction of sp³-hybridized carbons (Fsp3) is 0.432. The first-order valence-corrected chi connectivity index (χ1v) is 15.9. The smallest absolute Gasteiger partial charge is 0.124 e. The molecule has 1 fully saturated rings. The first-order chi connectivity index (χ1) is 20.5. The Labute approximate surface area is 253 Å². The van der Waals surface area contributed by atoms with Gasteiger partial charge in [0.15, 0.2) is 0 Å². The van der Waals surface area contributed by atoms with Gasteiger partial charge in [-0.2, -0.15) is 0 Å². The Morgan fingerprint density at radius 2 is 1.95 bits per heavy atom. The maximum absolute atomic E-state index is 6.11. The van der Waals surface area contributed by atoms with Gasteiger partial charge in [-0.3, -0.25) is 0 Å². The summed E-state index contributed by atoms with van der Waals surface area (Å²) in [6, 6.07) is 13.5. The van der Waals surface area contributed by atoms with E-state index < -0.39 is 0 Å². The summed E-state index contributed by atoms with van der Waals surface area (Å²) in [6.07, 6.45) is 20.6. The van der Waals surface area contributed by atoms with Crippen molar-refractivity contribution in [2.24, 2.45) is 5.92 Å². The quantitative estimate of drug-likeness (QED) is 0.229. The lowest BCUT2D eigenvalue weighted by Crippen LogP contribution is -2.27. The summed E-state index contributed by atoms with van der Waals surface area (Å²) in [5, 5.41) is 6.56. The lowest BCUT2D eigenvalue weighted by Gasteiger charge is -2.21. The van der Waals surface area contributed by atoms with E-state index in [4.69, 9.17) is 9.72 Å². The van der Waals surface area contributed by atoms with Crippen LogP contribution in [-0.4, -0.2) is 30.2 Å². The third-order valence-corrected chi connectivity index (χ3v) is 8.37. The molecule has 2 heterocycles. The molecule has 3 aromatic rings. The average molecular weight is 567 g/mol. The molecular weight excluding hydrogens is 516 g/mol. The highest BCUT2D eigenvalue weighted by Crippen LogP contribution is 2.30. The largest absolute Gasteiger partial charge is 0.493 e. The third kappa shape index (κ3) is 8.72. The van der Waals surface area contributed by atoms with E-state index in [1.807, 2.05) is 13.2 Å². The predicted octanol–water partition coefficient (Wildman–Crippen LogP) is 8.97. The summed E-state index contributed by atoms with van der Waals surface area (Å²) in [6.45, 7) is 10.7. The maximum atomic E-state index is 6.11. The van der Waals surface area contributed by atoms with Gasteiger partial charge in [0, 0.05) is 7.05 Å². The van der Waals surface area contributed by atoms with Crippen LogP contribution >= 0.6 is 0 Å². The Morgan fingerprint density at radius 3 is 2.67 bits per heavy atom. The zero-order chi connectivity index (χ0) is 29.7. The van der Waals surface area contributed by atoms with Gasteiger partial charge in [-0.15, -0.1) is 0 Å². The number of nitrogens with zero attached hydrogens (tertiary/aromatic N) is 1. The molecular formula is C37H50N4O. The van der Waals surface area contributed by atoms with E-state index in [-0.39, 0.29) is 0 Å². The molecule has 2 aromatic carbocycles. The maximum Gasteiger partial charge on any atom is 0.124 e.